The Morgan fingerprint density at radius 3 is 1.64 bits per heavy atom. The summed E-state index contributed by atoms with van der Waals surface area (Å²) in [5.74, 6) is 0. The highest BCUT2D eigenvalue weighted by Gasteiger charge is 2.36. The van der Waals surface area contributed by atoms with Gasteiger partial charge in [-0.3, -0.25) is 0 Å². The van der Waals surface area contributed by atoms with Crippen LogP contribution in [0.15, 0.2) is 12.3 Å². The molecule has 126 valence electrons. The summed E-state index contributed by atoms with van der Waals surface area (Å²) in [6.45, 7) is 23.1. The summed E-state index contributed by atoms with van der Waals surface area (Å²) in [5, 5.41) is 8.78. The zero-order valence-corrected chi connectivity index (χ0v) is 16.5. The monoisotopic (exact) mass is 304 g/mol. The molecule has 0 spiro atoms. The molecule has 0 aromatic carbocycles. The minimum absolute atomic E-state index is 0.0248. The lowest BCUT2D eigenvalue weighted by atomic mass is 9.67. The molecule has 0 unspecified atom stereocenters. The predicted molar refractivity (Wildman–Crippen MR) is 96.2 cm³/mol. The fourth-order valence-electron chi connectivity index (χ4n) is 4.21. The van der Waals surface area contributed by atoms with Gasteiger partial charge in [-0.15, -0.1) is 0 Å². The van der Waals surface area contributed by atoms with E-state index in [2.05, 4.69) is 85.5 Å². The van der Waals surface area contributed by atoms with Crippen molar-refractivity contribution in [1.82, 2.24) is 10.2 Å². The van der Waals surface area contributed by atoms with Gasteiger partial charge in [-0.1, -0.05) is 69.2 Å². The summed E-state index contributed by atoms with van der Waals surface area (Å²) in [6.07, 6.45) is 4.07. The molecule has 0 amide bonds. The summed E-state index contributed by atoms with van der Waals surface area (Å²) < 4.78 is 0. The summed E-state index contributed by atoms with van der Waals surface area (Å²) in [6, 6.07) is 2.18. The fraction of sp³-hybridized carbons (Fsp3) is 0.800. The predicted octanol–water partition coefficient (Wildman–Crippen LogP) is 5.90. The second-order valence-corrected chi connectivity index (χ2v) is 10.5. The molecule has 22 heavy (non-hydrogen) atoms. The van der Waals surface area contributed by atoms with Crippen LogP contribution in [0.1, 0.15) is 93.3 Å². The first-order valence-corrected chi connectivity index (χ1v) is 8.47. The molecule has 0 aliphatic rings. The molecule has 0 saturated carbocycles. The van der Waals surface area contributed by atoms with Gasteiger partial charge in [0.1, 0.15) is 0 Å². The molecule has 0 radical (unpaired) electrons. The lowest BCUT2D eigenvalue weighted by Gasteiger charge is -2.38. The number of aromatic nitrogens is 2. The number of rotatable bonds is 4. The molecule has 2 nitrogen and oxygen atoms in total. The summed E-state index contributed by atoms with van der Waals surface area (Å²) in [7, 11) is 0. The zero-order valence-electron chi connectivity index (χ0n) is 16.5. The van der Waals surface area contributed by atoms with E-state index in [4.69, 9.17) is 0 Å². The second-order valence-electron chi connectivity index (χ2n) is 10.5. The standard InChI is InChI=1S/C20H36N2/c1-17(2,3)13-19(7,8)15-11-12-21-22-16(15)20(9,10)14-18(4,5)6/h11-12H,13-14H2,1-10H3. The molecule has 2 heteroatoms. The van der Waals surface area contributed by atoms with E-state index in [1.807, 2.05) is 6.20 Å². The smallest absolute Gasteiger partial charge is 0.0724 e. The van der Waals surface area contributed by atoms with Crippen molar-refractivity contribution in [2.45, 2.75) is 92.9 Å². The molecule has 1 aromatic heterocycles. The normalized spacial score (nSPS) is 14.3. The van der Waals surface area contributed by atoms with Gasteiger partial charge in [-0.25, -0.2) is 0 Å². The first kappa shape index (κ1) is 19.1. The second kappa shape index (κ2) is 5.94. The average molecular weight is 305 g/mol. The third-order valence-electron chi connectivity index (χ3n) is 4.04. The molecule has 1 heterocycles. The Morgan fingerprint density at radius 2 is 1.18 bits per heavy atom. The summed E-state index contributed by atoms with van der Waals surface area (Å²) in [4.78, 5) is 0. The highest BCUT2D eigenvalue weighted by Crippen LogP contribution is 2.42. The van der Waals surface area contributed by atoms with Crippen molar-refractivity contribution in [3.05, 3.63) is 23.5 Å². The average Bonchev–Trinajstić information content (AvgIpc) is 2.22. The van der Waals surface area contributed by atoms with E-state index in [0.717, 1.165) is 12.8 Å². The quantitative estimate of drug-likeness (QED) is 0.691. The summed E-state index contributed by atoms with van der Waals surface area (Å²) >= 11 is 0. The van der Waals surface area contributed by atoms with Gasteiger partial charge < -0.3 is 0 Å². The van der Waals surface area contributed by atoms with Gasteiger partial charge in [0.05, 0.1) is 5.69 Å². The van der Waals surface area contributed by atoms with Crippen LogP contribution in [0.3, 0.4) is 0 Å². The lowest BCUT2D eigenvalue weighted by Crippen LogP contribution is -2.33. The molecule has 0 saturated heterocycles. The van der Waals surface area contributed by atoms with E-state index in [0.29, 0.717) is 0 Å². The lowest BCUT2D eigenvalue weighted by molar-refractivity contribution is 0.259. The molecule has 1 aromatic rings. The molecular weight excluding hydrogens is 268 g/mol. The number of hydrogen-bond acceptors (Lipinski definition) is 2. The molecule has 0 N–H and O–H groups in total. The van der Waals surface area contributed by atoms with Crippen molar-refractivity contribution in [3.8, 4) is 0 Å². The molecule has 1 rings (SSSR count). The largest absolute Gasteiger partial charge is 0.159 e. The van der Waals surface area contributed by atoms with Crippen molar-refractivity contribution in [1.29, 1.82) is 0 Å². The van der Waals surface area contributed by atoms with Crippen molar-refractivity contribution >= 4 is 0 Å². The van der Waals surface area contributed by atoms with E-state index in [1.54, 1.807) is 0 Å². The first-order chi connectivity index (χ1) is 9.64. The van der Waals surface area contributed by atoms with Gasteiger partial charge in [0.15, 0.2) is 0 Å². The maximum absolute atomic E-state index is 4.58. The van der Waals surface area contributed by atoms with Crippen molar-refractivity contribution in [2.24, 2.45) is 10.8 Å². The minimum atomic E-state index is 0.0248. The van der Waals surface area contributed by atoms with Crippen LogP contribution >= 0.6 is 0 Å². The van der Waals surface area contributed by atoms with E-state index >= 15 is 0 Å². The van der Waals surface area contributed by atoms with Crippen LogP contribution in [0.25, 0.3) is 0 Å². The van der Waals surface area contributed by atoms with Crippen molar-refractivity contribution < 1.29 is 0 Å². The third kappa shape index (κ3) is 5.37. The van der Waals surface area contributed by atoms with Crippen LogP contribution in [-0.4, -0.2) is 10.2 Å². The van der Waals surface area contributed by atoms with Gasteiger partial charge in [0, 0.05) is 11.6 Å². The van der Waals surface area contributed by atoms with E-state index in [-0.39, 0.29) is 21.7 Å². The molecule has 0 atom stereocenters. The molecular formula is C20H36N2. The van der Waals surface area contributed by atoms with E-state index in [9.17, 15) is 0 Å². The first-order valence-electron chi connectivity index (χ1n) is 8.47. The molecule has 0 fully saturated rings. The van der Waals surface area contributed by atoms with Crippen LogP contribution < -0.4 is 0 Å². The van der Waals surface area contributed by atoms with Gasteiger partial charge in [0.25, 0.3) is 0 Å². The van der Waals surface area contributed by atoms with Gasteiger partial charge in [-0.05, 0) is 40.7 Å². The Kier molecular flexibility index (Phi) is 5.16. The van der Waals surface area contributed by atoms with E-state index in [1.165, 1.54) is 11.3 Å². The topological polar surface area (TPSA) is 25.8 Å². The number of hydrogen-bond donors (Lipinski definition) is 0. The fourth-order valence-corrected chi connectivity index (χ4v) is 4.21. The van der Waals surface area contributed by atoms with Crippen molar-refractivity contribution in [3.63, 3.8) is 0 Å². The maximum atomic E-state index is 4.58. The third-order valence-corrected chi connectivity index (χ3v) is 4.04. The Morgan fingerprint density at radius 1 is 0.727 bits per heavy atom. The van der Waals surface area contributed by atoms with Gasteiger partial charge >= 0.3 is 0 Å². The zero-order chi connectivity index (χ0) is 17.4. The number of nitrogens with zero attached hydrogens (tertiary/aromatic N) is 2. The van der Waals surface area contributed by atoms with Crippen LogP contribution in [0, 0.1) is 10.8 Å². The maximum Gasteiger partial charge on any atom is 0.0724 e. The highest BCUT2D eigenvalue weighted by atomic mass is 15.1. The molecule has 0 aliphatic carbocycles. The van der Waals surface area contributed by atoms with E-state index < -0.39 is 0 Å². The van der Waals surface area contributed by atoms with Crippen LogP contribution in [0.2, 0.25) is 0 Å². The highest BCUT2D eigenvalue weighted by molar-refractivity contribution is 5.32. The molecule has 0 bridgehead atoms. The Labute approximate surface area is 138 Å². The Balaban J connectivity index is 3.30. The van der Waals surface area contributed by atoms with Gasteiger partial charge in [0.2, 0.25) is 0 Å². The van der Waals surface area contributed by atoms with Crippen LogP contribution in [0.5, 0.6) is 0 Å². The van der Waals surface area contributed by atoms with Crippen LogP contribution in [0.4, 0.5) is 0 Å². The SMILES string of the molecule is CC(C)(C)CC(C)(C)c1ccnnc1C(C)(C)CC(C)(C)C. The molecule has 0 aliphatic heterocycles. The Bertz CT molecular complexity index is 452. The summed E-state index contributed by atoms with van der Waals surface area (Å²) in [5.41, 5.74) is 3.20. The van der Waals surface area contributed by atoms with Crippen molar-refractivity contribution in [2.75, 3.05) is 0 Å². The van der Waals surface area contributed by atoms with Gasteiger partial charge in [-0.2, -0.15) is 10.2 Å². The minimum Gasteiger partial charge on any atom is -0.159 e. The van der Waals surface area contributed by atoms with Crippen LogP contribution in [-0.2, 0) is 10.8 Å². The Hall–Kier alpha value is -0.920.